The molecule has 2 aromatic rings. The summed E-state index contributed by atoms with van der Waals surface area (Å²) >= 11 is 1.44. The number of piperazine rings is 1. The molecule has 1 amide bonds. The topological polar surface area (TPSA) is 57.7 Å². The second kappa shape index (κ2) is 8.59. The Bertz CT molecular complexity index is 958. The summed E-state index contributed by atoms with van der Waals surface area (Å²) in [6.07, 6.45) is 0. The Labute approximate surface area is 167 Å². The largest absolute Gasteiger partial charge is 0.339 e. The van der Waals surface area contributed by atoms with Gasteiger partial charge in [0.2, 0.25) is 15.9 Å². The molecular formula is C19H20F2N2O3S2. The molecule has 0 radical (unpaired) electrons. The van der Waals surface area contributed by atoms with Gasteiger partial charge >= 0.3 is 0 Å². The van der Waals surface area contributed by atoms with Gasteiger partial charge in [-0.3, -0.25) is 4.79 Å². The van der Waals surface area contributed by atoms with Gasteiger partial charge in [-0.25, -0.2) is 17.2 Å². The van der Waals surface area contributed by atoms with Crippen molar-refractivity contribution in [3.8, 4) is 0 Å². The molecule has 0 aromatic heterocycles. The van der Waals surface area contributed by atoms with E-state index in [1.165, 1.54) is 16.1 Å². The predicted octanol–water partition coefficient (Wildman–Crippen LogP) is 2.90. The van der Waals surface area contributed by atoms with E-state index in [1.54, 1.807) is 4.90 Å². The van der Waals surface area contributed by atoms with Crippen molar-refractivity contribution >= 4 is 27.7 Å². The Morgan fingerprint density at radius 1 is 1.00 bits per heavy atom. The van der Waals surface area contributed by atoms with E-state index in [9.17, 15) is 22.0 Å². The van der Waals surface area contributed by atoms with Crippen molar-refractivity contribution in [2.45, 2.75) is 16.7 Å². The molecule has 150 valence electrons. The highest BCUT2D eigenvalue weighted by atomic mass is 32.2. The Hall–Kier alpha value is -1.97. The first kappa shape index (κ1) is 20.8. The van der Waals surface area contributed by atoms with Gasteiger partial charge in [0.05, 0.1) is 10.6 Å². The minimum absolute atomic E-state index is 0.0598. The number of benzene rings is 2. The Kier molecular flexibility index (Phi) is 6.36. The molecule has 0 atom stereocenters. The third-order valence-electron chi connectivity index (χ3n) is 4.50. The van der Waals surface area contributed by atoms with Crippen LogP contribution >= 0.6 is 11.8 Å². The fraction of sp³-hybridized carbons (Fsp3) is 0.316. The number of hydrogen-bond acceptors (Lipinski definition) is 4. The standard InChI is InChI=1S/C19H20F2N2O3S2/c1-14-2-4-15(5-3-14)27-13-19(24)22-8-10-23(11-9-22)28(25,26)16-6-7-17(20)18(21)12-16/h2-7,12H,8-11,13H2,1H3. The van der Waals surface area contributed by atoms with Gasteiger partial charge in [-0.15, -0.1) is 11.8 Å². The van der Waals surface area contributed by atoms with Gasteiger partial charge in [0.15, 0.2) is 11.6 Å². The van der Waals surface area contributed by atoms with Crippen molar-refractivity contribution < 1.29 is 22.0 Å². The lowest BCUT2D eigenvalue weighted by atomic mass is 10.2. The van der Waals surface area contributed by atoms with Crippen LogP contribution in [0.15, 0.2) is 52.3 Å². The molecule has 0 unspecified atom stereocenters. The van der Waals surface area contributed by atoms with Gasteiger partial charge in [-0.2, -0.15) is 4.31 Å². The molecule has 1 aliphatic heterocycles. The maximum atomic E-state index is 13.4. The molecule has 0 spiro atoms. The molecule has 1 heterocycles. The summed E-state index contributed by atoms with van der Waals surface area (Å²) in [7, 11) is -3.93. The number of thioether (sulfide) groups is 1. The minimum atomic E-state index is -3.93. The first-order chi connectivity index (χ1) is 13.3. The van der Waals surface area contributed by atoms with Crippen molar-refractivity contribution in [1.29, 1.82) is 0 Å². The van der Waals surface area contributed by atoms with Crippen LogP contribution in [0.3, 0.4) is 0 Å². The van der Waals surface area contributed by atoms with E-state index in [-0.39, 0.29) is 42.7 Å². The van der Waals surface area contributed by atoms with Gasteiger partial charge in [-0.05, 0) is 37.3 Å². The van der Waals surface area contributed by atoms with Crippen LogP contribution < -0.4 is 0 Å². The van der Waals surface area contributed by atoms with Crippen molar-refractivity contribution in [3.05, 3.63) is 59.7 Å². The van der Waals surface area contributed by atoms with E-state index >= 15 is 0 Å². The molecule has 0 N–H and O–H groups in total. The van der Waals surface area contributed by atoms with Crippen molar-refractivity contribution in [2.75, 3.05) is 31.9 Å². The number of hydrogen-bond donors (Lipinski definition) is 0. The van der Waals surface area contributed by atoms with Crippen LogP contribution in [0.5, 0.6) is 0 Å². The molecule has 5 nitrogen and oxygen atoms in total. The van der Waals surface area contributed by atoms with Gasteiger partial charge in [0.1, 0.15) is 0 Å². The first-order valence-corrected chi connectivity index (χ1v) is 11.1. The van der Waals surface area contributed by atoms with Crippen LogP contribution in [-0.4, -0.2) is 55.5 Å². The minimum Gasteiger partial charge on any atom is -0.339 e. The highest BCUT2D eigenvalue weighted by Gasteiger charge is 2.30. The number of rotatable bonds is 5. The molecule has 0 saturated carbocycles. The monoisotopic (exact) mass is 426 g/mol. The fourth-order valence-electron chi connectivity index (χ4n) is 2.84. The SMILES string of the molecule is Cc1ccc(SCC(=O)N2CCN(S(=O)(=O)c3ccc(F)c(F)c3)CC2)cc1. The summed E-state index contributed by atoms with van der Waals surface area (Å²) in [6, 6.07) is 10.4. The Morgan fingerprint density at radius 3 is 2.25 bits per heavy atom. The first-order valence-electron chi connectivity index (χ1n) is 8.70. The van der Waals surface area contributed by atoms with Gasteiger partial charge in [0, 0.05) is 31.1 Å². The number of sulfonamides is 1. The van der Waals surface area contributed by atoms with Crippen LogP contribution in [0, 0.1) is 18.6 Å². The molecular weight excluding hydrogens is 406 g/mol. The normalized spacial score (nSPS) is 15.6. The van der Waals surface area contributed by atoms with E-state index in [0.29, 0.717) is 6.07 Å². The summed E-state index contributed by atoms with van der Waals surface area (Å²) in [6.45, 7) is 2.74. The van der Waals surface area contributed by atoms with E-state index < -0.39 is 21.7 Å². The van der Waals surface area contributed by atoms with Crippen molar-refractivity contribution in [2.24, 2.45) is 0 Å². The lowest BCUT2D eigenvalue weighted by Gasteiger charge is -2.34. The number of halogens is 2. The van der Waals surface area contributed by atoms with Crippen LogP contribution in [0.25, 0.3) is 0 Å². The van der Waals surface area contributed by atoms with E-state index in [2.05, 4.69) is 0 Å². The third-order valence-corrected chi connectivity index (χ3v) is 7.39. The highest BCUT2D eigenvalue weighted by Crippen LogP contribution is 2.22. The van der Waals surface area contributed by atoms with Gasteiger partial charge < -0.3 is 4.90 Å². The Morgan fingerprint density at radius 2 is 1.64 bits per heavy atom. The third kappa shape index (κ3) is 4.71. The zero-order valence-corrected chi connectivity index (χ0v) is 16.9. The fourth-order valence-corrected chi connectivity index (χ4v) is 5.07. The van der Waals surface area contributed by atoms with E-state index in [0.717, 1.165) is 22.6 Å². The van der Waals surface area contributed by atoms with Crippen LogP contribution in [-0.2, 0) is 14.8 Å². The molecule has 1 saturated heterocycles. The van der Waals surface area contributed by atoms with Gasteiger partial charge in [-0.1, -0.05) is 17.7 Å². The number of nitrogens with zero attached hydrogens (tertiary/aromatic N) is 2. The molecule has 9 heteroatoms. The Balaban J connectivity index is 1.56. The molecule has 1 aliphatic rings. The van der Waals surface area contributed by atoms with Crippen LogP contribution in [0.2, 0.25) is 0 Å². The zero-order valence-electron chi connectivity index (χ0n) is 15.3. The van der Waals surface area contributed by atoms with Crippen molar-refractivity contribution in [1.82, 2.24) is 9.21 Å². The number of aryl methyl sites for hydroxylation is 1. The lowest BCUT2D eigenvalue weighted by molar-refractivity contribution is -0.129. The maximum Gasteiger partial charge on any atom is 0.243 e. The highest BCUT2D eigenvalue weighted by molar-refractivity contribution is 8.00. The second-order valence-corrected chi connectivity index (χ2v) is 9.45. The van der Waals surface area contributed by atoms with Crippen molar-refractivity contribution in [3.63, 3.8) is 0 Å². The zero-order chi connectivity index (χ0) is 20.3. The average molecular weight is 427 g/mol. The summed E-state index contributed by atoms with van der Waals surface area (Å²) in [4.78, 5) is 14.7. The summed E-state index contributed by atoms with van der Waals surface area (Å²) in [5.41, 5.74) is 1.15. The molecule has 0 bridgehead atoms. The van der Waals surface area contributed by atoms with Gasteiger partial charge in [0.25, 0.3) is 0 Å². The molecule has 28 heavy (non-hydrogen) atoms. The quantitative estimate of drug-likeness (QED) is 0.690. The predicted molar refractivity (Wildman–Crippen MR) is 104 cm³/mol. The molecule has 1 fully saturated rings. The maximum absolute atomic E-state index is 13.4. The average Bonchev–Trinajstić information content (AvgIpc) is 2.69. The van der Waals surface area contributed by atoms with Crippen LogP contribution in [0.1, 0.15) is 5.56 Å². The summed E-state index contributed by atoms with van der Waals surface area (Å²) < 4.78 is 52.8. The molecule has 3 rings (SSSR count). The number of amides is 1. The smallest absolute Gasteiger partial charge is 0.243 e. The van der Waals surface area contributed by atoms with Crippen LogP contribution in [0.4, 0.5) is 8.78 Å². The summed E-state index contributed by atoms with van der Waals surface area (Å²) in [5, 5.41) is 0. The number of carbonyl (C=O) groups is 1. The number of carbonyl (C=O) groups excluding carboxylic acids is 1. The van der Waals surface area contributed by atoms with E-state index in [4.69, 9.17) is 0 Å². The lowest BCUT2D eigenvalue weighted by Crippen LogP contribution is -2.51. The molecule has 2 aromatic carbocycles. The van der Waals surface area contributed by atoms with E-state index in [1.807, 2.05) is 31.2 Å². The second-order valence-electron chi connectivity index (χ2n) is 6.46. The summed E-state index contributed by atoms with van der Waals surface area (Å²) in [5.74, 6) is -2.09. The molecule has 0 aliphatic carbocycles.